The van der Waals surface area contributed by atoms with Crippen molar-refractivity contribution in [2.45, 2.75) is 12.3 Å². The van der Waals surface area contributed by atoms with Crippen molar-refractivity contribution in [1.29, 1.82) is 0 Å². The van der Waals surface area contributed by atoms with E-state index in [-0.39, 0.29) is 0 Å². The van der Waals surface area contributed by atoms with Crippen molar-refractivity contribution in [3.05, 3.63) is 71.8 Å². The second-order valence-corrected chi connectivity index (χ2v) is 5.65. The van der Waals surface area contributed by atoms with Gasteiger partial charge >= 0.3 is 0 Å². The molecule has 1 nitrogen and oxygen atoms in total. The third kappa shape index (κ3) is 4.69. The van der Waals surface area contributed by atoms with Crippen molar-refractivity contribution in [1.82, 2.24) is 4.90 Å². The van der Waals surface area contributed by atoms with Gasteiger partial charge in [-0.3, -0.25) is 0 Å². The molecule has 1 unspecified atom stereocenters. The summed E-state index contributed by atoms with van der Waals surface area (Å²) in [5.74, 6) is 1.39. The van der Waals surface area contributed by atoms with Crippen LogP contribution >= 0.6 is 12.6 Å². The van der Waals surface area contributed by atoms with Gasteiger partial charge in [-0.25, -0.2) is 0 Å². The Bertz CT molecular complexity index is 483. The lowest BCUT2D eigenvalue weighted by Crippen LogP contribution is -2.27. The molecular weight excluding hydrogens is 262 g/mol. The Morgan fingerprint density at radius 3 is 2.15 bits per heavy atom. The monoisotopic (exact) mass is 285 g/mol. The SMILES string of the molecule is CN(CCc1ccccc1)CC(CS)c1ccccc1. The van der Waals surface area contributed by atoms with E-state index in [4.69, 9.17) is 0 Å². The molecule has 0 heterocycles. The van der Waals surface area contributed by atoms with E-state index in [9.17, 15) is 0 Å². The second-order valence-electron chi connectivity index (χ2n) is 5.29. The highest BCUT2D eigenvalue weighted by Gasteiger charge is 2.12. The van der Waals surface area contributed by atoms with Gasteiger partial charge in [0.25, 0.3) is 0 Å². The molecule has 0 saturated carbocycles. The van der Waals surface area contributed by atoms with Crippen LogP contribution in [0.1, 0.15) is 17.0 Å². The normalized spacial score (nSPS) is 12.6. The smallest absolute Gasteiger partial charge is 0.00552 e. The maximum atomic E-state index is 4.51. The zero-order valence-corrected chi connectivity index (χ0v) is 13.0. The molecule has 0 aromatic heterocycles. The lowest BCUT2D eigenvalue weighted by molar-refractivity contribution is 0.322. The van der Waals surface area contributed by atoms with Gasteiger partial charge in [-0.05, 0) is 30.3 Å². The first-order valence-electron chi connectivity index (χ1n) is 7.18. The third-order valence-corrected chi connectivity index (χ3v) is 4.09. The van der Waals surface area contributed by atoms with Crippen molar-refractivity contribution in [3.8, 4) is 0 Å². The number of rotatable bonds is 7. The molecule has 0 aliphatic heterocycles. The van der Waals surface area contributed by atoms with Crippen LogP contribution in [-0.4, -0.2) is 30.8 Å². The number of hydrogen-bond donors (Lipinski definition) is 1. The van der Waals surface area contributed by atoms with Crippen molar-refractivity contribution in [3.63, 3.8) is 0 Å². The number of hydrogen-bond acceptors (Lipinski definition) is 2. The van der Waals surface area contributed by atoms with E-state index in [1.807, 2.05) is 0 Å². The third-order valence-electron chi connectivity index (χ3n) is 3.65. The van der Waals surface area contributed by atoms with Crippen LogP contribution in [0.15, 0.2) is 60.7 Å². The van der Waals surface area contributed by atoms with Crippen LogP contribution < -0.4 is 0 Å². The molecular formula is C18H23NS. The van der Waals surface area contributed by atoms with Gasteiger partial charge in [-0.15, -0.1) is 0 Å². The Labute approximate surface area is 128 Å². The first-order chi connectivity index (χ1) is 9.79. The first-order valence-corrected chi connectivity index (χ1v) is 7.81. The predicted octanol–water partition coefficient (Wildman–Crippen LogP) is 3.87. The quantitative estimate of drug-likeness (QED) is 0.756. The molecule has 0 amide bonds. The maximum Gasteiger partial charge on any atom is 0.00552 e. The molecule has 0 bridgehead atoms. The van der Waals surface area contributed by atoms with Crippen LogP contribution in [0.25, 0.3) is 0 Å². The average Bonchev–Trinajstić information content (AvgIpc) is 2.52. The van der Waals surface area contributed by atoms with Gasteiger partial charge in [-0.1, -0.05) is 60.7 Å². The van der Waals surface area contributed by atoms with Gasteiger partial charge in [-0.2, -0.15) is 12.6 Å². The van der Waals surface area contributed by atoms with Gasteiger partial charge in [0.15, 0.2) is 0 Å². The molecule has 106 valence electrons. The minimum absolute atomic E-state index is 0.500. The van der Waals surface area contributed by atoms with Crippen LogP contribution in [0.3, 0.4) is 0 Å². The molecule has 2 aromatic carbocycles. The lowest BCUT2D eigenvalue weighted by Gasteiger charge is -2.23. The molecule has 0 fully saturated rings. The summed E-state index contributed by atoms with van der Waals surface area (Å²) in [4.78, 5) is 2.40. The molecule has 2 rings (SSSR count). The van der Waals surface area contributed by atoms with Gasteiger partial charge in [0.05, 0.1) is 0 Å². The standard InChI is InChI=1S/C18H23NS/c1-19(13-12-16-8-4-2-5-9-16)14-18(15-20)17-10-6-3-7-11-17/h2-11,18,20H,12-15H2,1H3. The van der Waals surface area contributed by atoms with Crippen LogP contribution in [0, 0.1) is 0 Å². The Hall–Kier alpha value is -1.25. The topological polar surface area (TPSA) is 3.24 Å². The summed E-state index contributed by atoms with van der Waals surface area (Å²) in [6, 6.07) is 21.4. The Kier molecular flexibility index (Phi) is 6.16. The molecule has 2 aromatic rings. The minimum Gasteiger partial charge on any atom is -0.305 e. The molecule has 0 N–H and O–H groups in total. The summed E-state index contributed by atoms with van der Waals surface area (Å²) in [5.41, 5.74) is 2.79. The fourth-order valence-electron chi connectivity index (χ4n) is 2.43. The fraction of sp³-hybridized carbons (Fsp3) is 0.333. The van der Waals surface area contributed by atoms with E-state index in [0.29, 0.717) is 5.92 Å². The highest BCUT2D eigenvalue weighted by Crippen LogP contribution is 2.18. The molecule has 0 radical (unpaired) electrons. The van der Waals surface area contributed by atoms with Gasteiger partial charge in [0.2, 0.25) is 0 Å². The average molecular weight is 285 g/mol. The second kappa shape index (κ2) is 8.13. The molecule has 20 heavy (non-hydrogen) atoms. The molecule has 0 saturated heterocycles. The Morgan fingerprint density at radius 2 is 1.55 bits per heavy atom. The highest BCUT2D eigenvalue weighted by atomic mass is 32.1. The van der Waals surface area contributed by atoms with E-state index in [1.165, 1.54) is 11.1 Å². The summed E-state index contributed by atoms with van der Waals surface area (Å²) in [5, 5.41) is 0. The van der Waals surface area contributed by atoms with E-state index in [0.717, 1.165) is 25.3 Å². The van der Waals surface area contributed by atoms with Gasteiger partial charge in [0, 0.05) is 19.0 Å². The Balaban J connectivity index is 1.85. The minimum atomic E-state index is 0.500. The predicted molar refractivity (Wildman–Crippen MR) is 90.7 cm³/mol. The van der Waals surface area contributed by atoms with Crippen molar-refractivity contribution >= 4 is 12.6 Å². The fourth-order valence-corrected chi connectivity index (χ4v) is 2.75. The van der Waals surface area contributed by atoms with E-state index < -0.39 is 0 Å². The number of likely N-dealkylation sites (N-methyl/N-ethyl adjacent to an activating group) is 1. The zero-order chi connectivity index (χ0) is 14.2. The van der Waals surface area contributed by atoms with Gasteiger partial charge in [0.1, 0.15) is 0 Å². The summed E-state index contributed by atoms with van der Waals surface area (Å²) in [6.07, 6.45) is 1.10. The number of thiol groups is 1. The largest absolute Gasteiger partial charge is 0.305 e. The summed E-state index contributed by atoms with van der Waals surface area (Å²) in [6.45, 7) is 2.14. The molecule has 0 aliphatic rings. The summed E-state index contributed by atoms with van der Waals surface area (Å²) < 4.78 is 0. The van der Waals surface area contributed by atoms with Crippen molar-refractivity contribution in [2.75, 3.05) is 25.9 Å². The summed E-state index contributed by atoms with van der Waals surface area (Å²) >= 11 is 4.51. The van der Waals surface area contributed by atoms with E-state index >= 15 is 0 Å². The number of nitrogens with zero attached hydrogens (tertiary/aromatic N) is 1. The highest BCUT2D eigenvalue weighted by molar-refractivity contribution is 7.80. The van der Waals surface area contributed by atoms with E-state index in [2.05, 4.69) is 85.2 Å². The Morgan fingerprint density at radius 1 is 0.950 bits per heavy atom. The zero-order valence-electron chi connectivity index (χ0n) is 12.1. The molecule has 2 heteroatoms. The van der Waals surface area contributed by atoms with Gasteiger partial charge < -0.3 is 4.90 Å². The van der Waals surface area contributed by atoms with E-state index in [1.54, 1.807) is 0 Å². The van der Waals surface area contributed by atoms with Crippen LogP contribution in [0.4, 0.5) is 0 Å². The first kappa shape index (κ1) is 15.1. The van der Waals surface area contributed by atoms with Crippen LogP contribution in [0.2, 0.25) is 0 Å². The van der Waals surface area contributed by atoms with Crippen molar-refractivity contribution < 1.29 is 0 Å². The molecule has 1 atom stereocenters. The van der Waals surface area contributed by atoms with Crippen molar-refractivity contribution in [2.24, 2.45) is 0 Å². The van der Waals surface area contributed by atoms with Crippen LogP contribution in [-0.2, 0) is 6.42 Å². The maximum absolute atomic E-state index is 4.51. The molecule has 0 aliphatic carbocycles. The number of benzene rings is 2. The summed E-state index contributed by atoms with van der Waals surface area (Å²) in [7, 11) is 2.20. The molecule has 0 spiro atoms. The van der Waals surface area contributed by atoms with Crippen LogP contribution in [0.5, 0.6) is 0 Å². The lowest BCUT2D eigenvalue weighted by atomic mass is 10.0.